The largest absolute Gasteiger partial charge is 0.481 e. The normalized spacial score (nSPS) is 10.3. The number of carboxylic acids is 1. The Morgan fingerprint density at radius 2 is 2.17 bits per heavy atom. The highest BCUT2D eigenvalue weighted by Crippen LogP contribution is 2.15. The smallest absolute Gasteiger partial charge is 0.309 e. The zero-order chi connectivity index (χ0) is 13.1. The minimum Gasteiger partial charge on any atom is -0.481 e. The van der Waals surface area contributed by atoms with Gasteiger partial charge in [0.2, 0.25) is 0 Å². The van der Waals surface area contributed by atoms with Gasteiger partial charge in [0.15, 0.2) is 0 Å². The molecule has 18 heavy (non-hydrogen) atoms. The van der Waals surface area contributed by atoms with E-state index in [1.807, 2.05) is 31.2 Å². The molecule has 1 aromatic heterocycles. The maximum absolute atomic E-state index is 11.5. The average Bonchev–Trinajstić information content (AvgIpc) is 2.27. The first-order chi connectivity index (χ1) is 8.54. The summed E-state index contributed by atoms with van der Waals surface area (Å²) < 4.78 is 0. The second kappa shape index (κ2) is 4.83. The number of nitrogens with zero attached hydrogens (tertiary/aromatic N) is 1. The van der Waals surface area contributed by atoms with Crippen LogP contribution in [0.25, 0.3) is 11.4 Å². The van der Waals surface area contributed by atoms with Crippen LogP contribution < -0.4 is 5.56 Å². The van der Waals surface area contributed by atoms with Gasteiger partial charge in [0.25, 0.3) is 5.56 Å². The summed E-state index contributed by atoms with van der Waals surface area (Å²) in [5.41, 5.74) is 1.71. The van der Waals surface area contributed by atoms with E-state index in [1.54, 1.807) is 0 Å². The van der Waals surface area contributed by atoms with E-state index in [9.17, 15) is 9.59 Å². The Kier molecular flexibility index (Phi) is 3.23. The number of benzene rings is 1. The highest BCUT2D eigenvalue weighted by Gasteiger charge is 2.07. The number of rotatable bonds is 3. The summed E-state index contributed by atoms with van der Waals surface area (Å²) in [7, 11) is 0. The zero-order valence-electron chi connectivity index (χ0n) is 9.80. The minimum absolute atomic E-state index is 0.253. The van der Waals surface area contributed by atoms with Gasteiger partial charge in [0.05, 0.1) is 12.1 Å². The number of aryl methyl sites for hydroxylation is 1. The Labute approximate surface area is 103 Å². The van der Waals surface area contributed by atoms with Gasteiger partial charge in [-0.15, -0.1) is 0 Å². The van der Waals surface area contributed by atoms with E-state index < -0.39 is 5.97 Å². The quantitative estimate of drug-likeness (QED) is 0.854. The fourth-order valence-electron chi connectivity index (χ4n) is 1.68. The summed E-state index contributed by atoms with van der Waals surface area (Å²) in [6.45, 7) is 1.93. The molecule has 5 nitrogen and oxygen atoms in total. The molecule has 1 aromatic carbocycles. The van der Waals surface area contributed by atoms with Gasteiger partial charge in [-0.25, -0.2) is 4.98 Å². The number of hydrogen-bond acceptors (Lipinski definition) is 3. The molecule has 0 aliphatic heterocycles. The number of aromatic nitrogens is 2. The van der Waals surface area contributed by atoms with Crippen molar-refractivity contribution in [2.45, 2.75) is 13.3 Å². The fraction of sp³-hybridized carbons (Fsp3) is 0.154. The number of H-pyrrole nitrogens is 1. The van der Waals surface area contributed by atoms with Gasteiger partial charge in [0, 0.05) is 11.6 Å². The number of carboxylic acid groups (broad SMARTS) is 1. The number of aromatic amines is 1. The van der Waals surface area contributed by atoms with Crippen molar-refractivity contribution in [3.63, 3.8) is 0 Å². The van der Waals surface area contributed by atoms with Crippen LogP contribution in [0.15, 0.2) is 35.1 Å². The van der Waals surface area contributed by atoms with Gasteiger partial charge in [-0.3, -0.25) is 9.59 Å². The van der Waals surface area contributed by atoms with Crippen molar-refractivity contribution in [1.29, 1.82) is 0 Å². The minimum atomic E-state index is -1.01. The van der Waals surface area contributed by atoms with Crippen molar-refractivity contribution in [1.82, 2.24) is 9.97 Å². The Hall–Kier alpha value is -2.43. The van der Waals surface area contributed by atoms with E-state index >= 15 is 0 Å². The standard InChI is InChI=1S/C13H12N2O3/c1-8-3-2-4-9(5-8)13-14-10(7-12(17)18)6-11(16)15-13/h2-6H,7H2,1H3,(H,17,18)(H,14,15,16). The predicted molar refractivity (Wildman–Crippen MR) is 66.4 cm³/mol. The van der Waals surface area contributed by atoms with Crippen LogP contribution in [0.5, 0.6) is 0 Å². The lowest BCUT2D eigenvalue weighted by Gasteiger charge is -2.03. The highest BCUT2D eigenvalue weighted by atomic mass is 16.4. The molecule has 0 aliphatic carbocycles. The molecule has 2 rings (SSSR count). The summed E-state index contributed by atoms with van der Waals surface area (Å²) in [6, 6.07) is 8.68. The van der Waals surface area contributed by atoms with Crippen molar-refractivity contribution >= 4 is 5.97 Å². The Morgan fingerprint density at radius 1 is 1.39 bits per heavy atom. The molecule has 0 aliphatic rings. The third-order valence-electron chi connectivity index (χ3n) is 2.42. The summed E-state index contributed by atoms with van der Waals surface area (Å²) in [5, 5.41) is 8.71. The second-order valence-electron chi connectivity index (χ2n) is 4.03. The molecule has 2 N–H and O–H groups in total. The topological polar surface area (TPSA) is 83.0 Å². The molecule has 0 radical (unpaired) electrons. The van der Waals surface area contributed by atoms with Crippen LogP contribution in [-0.2, 0) is 11.2 Å². The van der Waals surface area contributed by atoms with E-state index in [2.05, 4.69) is 9.97 Å². The van der Waals surface area contributed by atoms with E-state index in [0.717, 1.165) is 11.1 Å². The first-order valence-corrected chi connectivity index (χ1v) is 5.43. The van der Waals surface area contributed by atoms with Crippen LogP contribution in [0.3, 0.4) is 0 Å². The lowest BCUT2D eigenvalue weighted by atomic mass is 10.1. The van der Waals surface area contributed by atoms with Gasteiger partial charge >= 0.3 is 5.97 Å². The monoisotopic (exact) mass is 244 g/mol. The van der Waals surface area contributed by atoms with Gasteiger partial charge in [0.1, 0.15) is 5.82 Å². The third kappa shape index (κ3) is 2.82. The molecule has 0 fully saturated rings. The van der Waals surface area contributed by atoms with Gasteiger partial charge in [-0.1, -0.05) is 23.8 Å². The van der Waals surface area contributed by atoms with Crippen molar-refractivity contribution in [3.8, 4) is 11.4 Å². The molecule has 0 unspecified atom stereocenters. The zero-order valence-corrected chi connectivity index (χ0v) is 9.80. The maximum Gasteiger partial charge on any atom is 0.309 e. The van der Waals surface area contributed by atoms with Gasteiger partial charge in [-0.2, -0.15) is 0 Å². The molecular weight excluding hydrogens is 232 g/mol. The molecule has 0 bridgehead atoms. The Balaban J connectivity index is 2.48. The number of carbonyl (C=O) groups is 1. The lowest BCUT2D eigenvalue weighted by Crippen LogP contribution is -2.13. The van der Waals surface area contributed by atoms with Gasteiger partial charge in [-0.05, 0) is 13.0 Å². The van der Waals surface area contributed by atoms with E-state index in [-0.39, 0.29) is 17.7 Å². The van der Waals surface area contributed by atoms with E-state index in [0.29, 0.717) is 5.82 Å². The first-order valence-electron chi connectivity index (χ1n) is 5.43. The molecule has 0 saturated heterocycles. The summed E-state index contributed by atoms with van der Waals surface area (Å²) in [6.07, 6.45) is -0.261. The molecule has 1 heterocycles. The molecule has 0 amide bonds. The van der Waals surface area contributed by atoms with Gasteiger partial charge < -0.3 is 10.1 Å². The van der Waals surface area contributed by atoms with Crippen LogP contribution in [0.2, 0.25) is 0 Å². The second-order valence-corrected chi connectivity index (χ2v) is 4.03. The molecule has 92 valence electrons. The molecular formula is C13H12N2O3. The van der Waals surface area contributed by atoms with Crippen LogP contribution in [0.1, 0.15) is 11.3 Å². The van der Waals surface area contributed by atoms with E-state index in [1.165, 1.54) is 6.07 Å². The lowest BCUT2D eigenvalue weighted by molar-refractivity contribution is -0.136. The average molecular weight is 244 g/mol. The van der Waals surface area contributed by atoms with Crippen molar-refractivity contribution in [2.24, 2.45) is 0 Å². The maximum atomic E-state index is 11.5. The summed E-state index contributed by atoms with van der Waals surface area (Å²) in [5.74, 6) is -0.620. The van der Waals surface area contributed by atoms with Crippen molar-refractivity contribution < 1.29 is 9.90 Å². The predicted octanol–water partition coefficient (Wildman–Crippen LogP) is 1.37. The highest BCUT2D eigenvalue weighted by molar-refractivity contribution is 5.69. The van der Waals surface area contributed by atoms with Crippen LogP contribution >= 0.6 is 0 Å². The number of nitrogens with one attached hydrogen (secondary N) is 1. The van der Waals surface area contributed by atoms with Crippen LogP contribution in [0, 0.1) is 6.92 Å². The molecule has 0 spiro atoms. The van der Waals surface area contributed by atoms with Crippen LogP contribution in [0.4, 0.5) is 0 Å². The fourth-order valence-corrected chi connectivity index (χ4v) is 1.68. The molecule has 5 heteroatoms. The molecule has 2 aromatic rings. The Bertz CT molecular complexity index is 647. The summed E-state index contributed by atoms with van der Waals surface area (Å²) in [4.78, 5) is 28.8. The summed E-state index contributed by atoms with van der Waals surface area (Å²) >= 11 is 0. The molecule has 0 saturated carbocycles. The molecule has 0 atom stereocenters. The Morgan fingerprint density at radius 3 is 2.83 bits per heavy atom. The van der Waals surface area contributed by atoms with Crippen LogP contribution in [-0.4, -0.2) is 21.0 Å². The number of hydrogen-bond donors (Lipinski definition) is 2. The van der Waals surface area contributed by atoms with Crippen molar-refractivity contribution in [2.75, 3.05) is 0 Å². The number of aliphatic carboxylic acids is 1. The SMILES string of the molecule is Cc1cccc(-c2nc(CC(=O)O)cc(=O)[nH]2)c1. The van der Waals surface area contributed by atoms with Crippen molar-refractivity contribution in [3.05, 3.63) is 51.9 Å². The van der Waals surface area contributed by atoms with E-state index in [4.69, 9.17) is 5.11 Å². The first kappa shape index (κ1) is 12.0. The third-order valence-corrected chi connectivity index (χ3v) is 2.42.